The molecule has 1 aliphatic heterocycles. The Hall–Kier alpha value is -1.33. The number of hydrogen-bond acceptors (Lipinski definition) is 3. The Morgan fingerprint density at radius 1 is 1.04 bits per heavy atom. The van der Waals surface area contributed by atoms with Crippen molar-refractivity contribution in [3.8, 4) is 0 Å². The number of halogens is 2. The molecule has 0 radical (unpaired) electrons. The largest absolute Gasteiger partial charge is 0.340 e. The fourth-order valence-corrected chi connectivity index (χ4v) is 3.21. The molecule has 2 aromatic rings. The minimum Gasteiger partial charge on any atom is -0.340 e. The number of piperazine rings is 1. The van der Waals surface area contributed by atoms with Crippen molar-refractivity contribution in [3.05, 3.63) is 48.0 Å². The fraction of sp³-hybridized carbons (Fsp3) is 0.421. The summed E-state index contributed by atoms with van der Waals surface area (Å²) in [4.78, 5) is 16.6. The van der Waals surface area contributed by atoms with E-state index in [-0.39, 0.29) is 36.6 Å². The molecule has 138 valence electrons. The number of carbonyl (C=O) groups is 1. The average molecular weight is 384 g/mol. The summed E-state index contributed by atoms with van der Waals surface area (Å²) >= 11 is 0. The summed E-state index contributed by atoms with van der Waals surface area (Å²) in [6, 6.07) is 15.0. The van der Waals surface area contributed by atoms with Crippen LogP contribution in [0.4, 0.5) is 0 Å². The third-order valence-electron chi connectivity index (χ3n) is 4.73. The van der Waals surface area contributed by atoms with Crippen LogP contribution in [0.5, 0.6) is 0 Å². The van der Waals surface area contributed by atoms with E-state index in [0.717, 1.165) is 32.7 Å². The van der Waals surface area contributed by atoms with Crippen LogP contribution in [-0.2, 0) is 11.3 Å². The van der Waals surface area contributed by atoms with Gasteiger partial charge in [0, 0.05) is 45.2 Å². The third-order valence-corrected chi connectivity index (χ3v) is 4.73. The van der Waals surface area contributed by atoms with Gasteiger partial charge in [0.15, 0.2) is 0 Å². The molecule has 1 unspecified atom stereocenters. The number of hydrogen-bond donors (Lipinski definition) is 1. The molecule has 0 spiro atoms. The monoisotopic (exact) mass is 383 g/mol. The number of benzene rings is 2. The predicted octanol–water partition coefficient (Wildman–Crippen LogP) is 2.92. The first kappa shape index (κ1) is 21.7. The van der Waals surface area contributed by atoms with Gasteiger partial charge in [-0.2, -0.15) is 0 Å². The molecule has 1 aliphatic rings. The van der Waals surface area contributed by atoms with Gasteiger partial charge in [0.1, 0.15) is 0 Å². The molecule has 0 saturated carbocycles. The Morgan fingerprint density at radius 2 is 1.68 bits per heavy atom. The number of rotatable bonds is 4. The highest BCUT2D eigenvalue weighted by molar-refractivity contribution is 5.86. The topological polar surface area (TPSA) is 49.6 Å². The molecule has 1 heterocycles. The highest BCUT2D eigenvalue weighted by Gasteiger charge is 2.24. The fourth-order valence-electron chi connectivity index (χ4n) is 3.21. The summed E-state index contributed by atoms with van der Waals surface area (Å²) in [5, 5.41) is 2.61. The Balaban J connectivity index is 0.00000156. The van der Waals surface area contributed by atoms with Crippen molar-refractivity contribution in [1.29, 1.82) is 0 Å². The van der Waals surface area contributed by atoms with Crippen molar-refractivity contribution < 1.29 is 4.79 Å². The lowest BCUT2D eigenvalue weighted by molar-refractivity contribution is -0.136. The van der Waals surface area contributed by atoms with Crippen LogP contribution in [0.1, 0.15) is 12.5 Å². The summed E-state index contributed by atoms with van der Waals surface area (Å²) in [7, 11) is 0. The lowest BCUT2D eigenvalue weighted by atomic mass is 10.0. The van der Waals surface area contributed by atoms with Gasteiger partial charge in [-0.25, -0.2) is 0 Å². The van der Waals surface area contributed by atoms with Gasteiger partial charge >= 0.3 is 0 Å². The van der Waals surface area contributed by atoms with Crippen LogP contribution in [0.15, 0.2) is 42.5 Å². The number of carbonyl (C=O) groups excluding carboxylic acids is 1. The van der Waals surface area contributed by atoms with Gasteiger partial charge in [-0.1, -0.05) is 49.4 Å². The smallest absolute Gasteiger partial charge is 0.226 e. The van der Waals surface area contributed by atoms with Crippen molar-refractivity contribution in [2.45, 2.75) is 13.5 Å². The molecule has 2 aromatic carbocycles. The van der Waals surface area contributed by atoms with Crippen LogP contribution in [0.3, 0.4) is 0 Å². The average Bonchev–Trinajstić information content (AvgIpc) is 2.61. The molecule has 0 aromatic heterocycles. The van der Waals surface area contributed by atoms with E-state index >= 15 is 0 Å². The lowest BCUT2D eigenvalue weighted by Crippen LogP contribution is -2.50. The molecular weight excluding hydrogens is 357 g/mol. The van der Waals surface area contributed by atoms with Crippen LogP contribution < -0.4 is 5.73 Å². The maximum atomic E-state index is 12.2. The van der Waals surface area contributed by atoms with E-state index in [1.165, 1.54) is 16.3 Å². The van der Waals surface area contributed by atoms with Crippen LogP contribution >= 0.6 is 24.8 Å². The maximum Gasteiger partial charge on any atom is 0.226 e. The summed E-state index contributed by atoms with van der Waals surface area (Å²) in [6.45, 7) is 6.72. The highest BCUT2D eigenvalue weighted by Crippen LogP contribution is 2.20. The Morgan fingerprint density at radius 3 is 2.36 bits per heavy atom. The molecule has 3 rings (SSSR count). The standard InChI is InChI=1S/C19H25N3O.2ClH/c1-15(13-20)19(23)22-11-9-21(10-12-22)14-17-7-4-6-16-5-2-3-8-18(16)17;;/h2-8,15H,9-14,20H2,1H3;2*1H. The Kier molecular flexibility index (Phi) is 8.66. The molecule has 1 amide bonds. The second-order valence-corrected chi connectivity index (χ2v) is 6.38. The van der Waals surface area contributed by atoms with Gasteiger partial charge < -0.3 is 10.6 Å². The van der Waals surface area contributed by atoms with E-state index in [0.29, 0.717) is 6.54 Å². The van der Waals surface area contributed by atoms with Crippen LogP contribution in [-0.4, -0.2) is 48.4 Å². The van der Waals surface area contributed by atoms with Gasteiger partial charge in [-0.3, -0.25) is 9.69 Å². The molecule has 1 saturated heterocycles. The van der Waals surface area contributed by atoms with E-state index in [4.69, 9.17) is 5.73 Å². The van der Waals surface area contributed by atoms with Crippen molar-refractivity contribution >= 4 is 41.5 Å². The molecule has 0 aliphatic carbocycles. The number of amides is 1. The predicted molar refractivity (Wildman–Crippen MR) is 109 cm³/mol. The zero-order valence-electron chi connectivity index (χ0n) is 14.6. The van der Waals surface area contributed by atoms with Crippen LogP contribution in [0.25, 0.3) is 10.8 Å². The van der Waals surface area contributed by atoms with Crippen molar-refractivity contribution in [1.82, 2.24) is 9.80 Å². The molecule has 4 nitrogen and oxygen atoms in total. The van der Waals surface area contributed by atoms with E-state index in [2.05, 4.69) is 47.4 Å². The Bertz CT molecular complexity index is 682. The molecule has 1 atom stereocenters. The quantitative estimate of drug-likeness (QED) is 0.882. The van der Waals surface area contributed by atoms with E-state index in [1.807, 2.05) is 11.8 Å². The van der Waals surface area contributed by atoms with Crippen LogP contribution in [0, 0.1) is 5.92 Å². The summed E-state index contributed by atoms with van der Waals surface area (Å²) in [5.74, 6) is 0.122. The maximum absolute atomic E-state index is 12.2. The number of fused-ring (bicyclic) bond motifs is 1. The summed E-state index contributed by atoms with van der Waals surface area (Å²) in [5.41, 5.74) is 6.96. The molecule has 0 bridgehead atoms. The lowest BCUT2D eigenvalue weighted by Gasteiger charge is -2.36. The zero-order chi connectivity index (χ0) is 16.2. The van der Waals surface area contributed by atoms with Gasteiger partial charge in [-0.05, 0) is 16.3 Å². The van der Waals surface area contributed by atoms with E-state index in [1.54, 1.807) is 0 Å². The van der Waals surface area contributed by atoms with Crippen molar-refractivity contribution in [2.75, 3.05) is 32.7 Å². The molecule has 25 heavy (non-hydrogen) atoms. The van der Waals surface area contributed by atoms with Crippen molar-refractivity contribution in [2.24, 2.45) is 11.7 Å². The van der Waals surface area contributed by atoms with E-state index < -0.39 is 0 Å². The molecule has 6 heteroatoms. The van der Waals surface area contributed by atoms with Gasteiger partial charge in [0.25, 0.3) is 0 Å². The van der Waals surface area contributed by atoms with Crippen molar-refractivity contribution in [3.63, 3.8) is 0 Å². The molecule has 1 fully saturated rings. The van der Waals surface area contributed by atoms with Gasteiger partial charge in [0.2, 0.25) is 5.91 Å². The first-order valence-corrected chi connectivity index (χ1v) is 8.37. The number of nitrogens with two attached hydrogens (primary N) is 1. The van der Waals surface area contributed by atoms with Gasteiger partial charge in [0.05, 0.1) is 0 Å². The Labute approximate surface area is 162 Å². The third kappa shape index (κ3) is 5.08. The van der Waals surface area contributed by atoms with Gasteiger partial charge in [-0.15, -0.1) is 24.8 Å². The van der Waals surface area contributed by atoms with E-state index in [9.17, 15) is 4.79 Å². The summed E-state index contributed by atoms with van der Waals surface area (Å²) < 4.78 is 0. The van der Waals surface area contributed by atoms with Crippen LogP contribution in [0.2, 0.25) is 0 Å². The minimum atomic E-state index is -0.0698. The second kappa shape index (κ2) is 9.97. The second-order valence-electron chi connectivity index (χ2n) is 6.38. The zero-order valence-corrected chi connectivity index (χ0v) is 16.2. The minimum absolute atomic E-state index is 0. The highest BCUT2D eigenvalue weighted by atomic mass is 35.5. The molecular formula is C19H27Cl2N3O. The number of nitrogens with zero attached hydrogens (tertiary/aromatic N) is 2. The normalized spacial score (nSPS) is 16.0. The summed E-state index contributed by atoms with van der Waals surface area (Å²) in [6.07, 6.45) is 0. The first-order chi connectivity index (χ1) is 11.2. The molecule has 2 N–H and O–H groups in total. The first-order valence-electron chi connectivity index (χ1n) is 8.37. The SMILES string of the molecule is CC(CN)C(=O)N1CCN(Cc2cccc3ccccc23)CC1.Cl.Cl.